The second-order valence-corrected chi connectivity index (χ2v) is 3.74. The van der Waals surface area contributed by atoms with Crippen LogP contribution in [-0.4, -0.2) is 22.4 Å². The van der Waals surface area contributed by atoms with Crippen molar-refractivity contribution in [3.8, 4) is 17.1 Å². The molecule has 0 amide bonds. The van der Waals surface area contributed by atoms with Gasteiger partial charge < -0.3 is 4.74 Å². The fourth-order valence-electron chi connectivity index (χ4n) is 1.32. The average Bonchev–Trinajstić information content (AvgIpc) is 2.38. The van der Waals surface area contributed by atoms with E-state index in [2.05, 4.69) is 9.97 Å². The van der Waals surface area contributed by atoms with E-state index in [9.17, 15) is 9.18 Å². The van der Waals surface area contributed by atoms with Crippen molar-refractivity contribution in [1.82, 2.24) is 9.97 Å². The summed E-state index contributed by atoms with van der Waals surface area (Å²) in [6.07, 6.45) is 2.96. The summed E-state index contributed by atoms with van der Waals surface area (Å²) in [5.41, 5.74) is 0.717. The first-order valence-corrected chi connectivity index (χ1v) is 5.35. The topological polar surface area (TPSA) is 52.1 Å². The minimum absolute atomic E-state index is 0.000739. The fourth-order valence-corrected chi connectivity index (χ4v) is 1.32. The Morgan fingerprint density at radius 1 is 1.22 bits per heavy atom. The molecule has 0 aliphatic carbocycles. The molecule has 0 saturated heterocycles. The molecule has 0 bridgehead atoms. The molecular formula is C13H11FN2O2. The van der Waals surface area contributed by atoms with Crippen molar-refractivity contribution in [2.24, 2.45) is 0 Å². The van der Waals surface area contributed by atoms with Crippen molar-refractivity contribution < 1.29 is 13.9 Å². The van der Waals surface area contributed by atoms with E-state index in [1.54, 1.807) is 12.1 Å². The minimum atomic E-state index is -0.305. The van der Waals surface area contributed by atoms with E-state index in [-0.39, 0.29) is 18.2 Å². The van der Waals surface area contributed by atoms with Crippen LogP contribution in [0.5, 0.6) is 5.75 Å². The lowest BCUT2D eigenvalue weighted by atomic mass is 10.2. The smallest absolute Gasteiger partial charge is 0.167 e. The Kier molecular flexibility index (Phi) is 3.62. The van der Waals surface area contributed by atoms with Gasteiger partial charge in [-0.15, -0.1) is 0 Å². The predicted molar refractivity (Wildman–Crippen MR) is 63.6 cm³/mol. The SMILES string of the molecule is CC(=O)COc1cnc(-c2ccc(F)cc2)nc1. The van der Waals surface area contributed by atoms with Crippen molar-refractivity contribution in [3.63, 3.8) is 0 Å². The van der Waals surface area contributed by atoms with Gasteiger partial charge in [0.1, 0.15) is 12.4 Å². The van der Waals surface area contributed by atoms with Crippen LogP contribution in [0.3, 0.4) is 0 Å². The molecule has 0 atom stereocenters. The van der Waals surface area contributed by atoms with Crippen molar-refractivity contribution in [2.75, 3.05) is 6.61 Å². The van der Waals surface area contributed by atoms with E-state index in [1.165, 1.54) is 31.5 Å². The van der Waals surface area contributed by atoms with Crippen LogP contribution < -0.4 is 4.74 Å². The van der Waals surface area contributed by atoms with Gasteiger partial charge >= 0.3 is 0 Å². The average molecular weight is 246 g/mol. The number of Topliss-reactive ketones (excluding diaryl/α,β-unsaturated/α-hetero) is 1. The van der Waals surface area contributed by atoms with Gasteiger partial charge in [0, 0.05) is 5.56 Å². The third-order valence-electron chi connectivity index (χ3n) is 2.17. The summed E-state index contributed by atoms with van der Waals surface area (Å²) in [6.45, 7) is 1.44. The molecule has 0 saturated carbocycles. The summed E-state index contributed by atoms with van der Waals surface area (Å²) < 4.78 is 17.9. The van der Waals surface area contributed by atoms with Crippen LogP contribution in [-0.2, 0) is 4.79 Å². The Labute approximate surface area is 103 Å². The quantitative estimate of drug-likeness (QED) is 0.830. The molecule has 2 rings (SSSR count). The van der Waals surface area contributed by atoms with Gasteiger partial charge in [-0.2, -0.15) is 0 Å². The number of hydrogen-bond donors (Lipinski definition) is 0. The maximum absolute atomic E-state index is 12.7. The molecule has 0 N–H and O–H groups in total. The van der Waals surface area contributed by atoms with Gasteiger partial charge in [-0.25, -0.2) is 14.4 Å². The molecule has 5 heteroatoms. The monoisotopic (exact) mass is 246 g/mol. The van der Waals surface area contributed by atoms with E-state index >= 15 is 0 Å². The van der Waals surface area contributed by atoms with Crippen molar-refractivity contribution in [1.29, 1.82) is 0 Å². The largest absolute Gasteiger partial charge is 0.483 e. The molecule has 4 nitrogen and oxygen atoms in total. The molecule has 1 aromatic heterocycles. The first kappa shape index (κ1) is 12.2. The molecule has 0 aliphatic rings. The number of benzene rings is 1. The second kappa shape index (κ2) is 5.35. The lowest BCUT2D eigenvalue weighted by molar-refractivity contribution is -0.118. The van der Waals surface area contributed by atoms with Crippen LogP contribution in [0.25, 0.3) is 11.4 Å². The van der Waals surface area contributed by atoms with Crippen LogP contribution in [0.2, 0.25) is 0 Å². The number of rotatable bonds is 4. The zero-order valence-corrected chi connectivity index (χ0v) is 9.76. The van der Waals surface area contributed by atoms with E-state index in [1.807, 2.05) is 0 Å². The van der Waals surface area contributed by atoms with Gasteiger partial charge in [-0.05, 0) is 31.2 Å². The number of ketones is 1. The summed E-state index contributed by atoms with van der Waals surface area (Å²) in [4.78, 5) is 18.9. The number of nitrogens with zero attached hydrogens (tertiary/aromatic N) is 2. The lowest BCUT2D eigenvalue weighted by Crippen LogP contribution is -2.07. The van der Waals surface area contributed by atoms with Crippen molar-refractivity contribution in [2.45, 2.75) is 6.92 Å². The van der Waals surface area contributed by atoms with Crippen LogP contribution in [0.15, 0.2) is 36.7 Å². The summed E-state index contributed by atoms with van der Waals surface area (Å²) in [7, 11) is 0. The molecule has 0 radical (unpaired) electrons. The highest BCUT2D eigenvalue weighted by atomic mass is 19.1. The number of ether oxygens (including phenoxy) is 1. The van der Waals surface area contributed by atoms with E-state index in [0.29, 0.717) is 11.6 Å². The first-order chi connectivity index (χ1) is 8.65. The summed E-state index contributed by atoms with van der Waals surface area (Å²) >= 11 is 0. The van der Waals surface area contributed by atoms with Crippen LogP contribution in [0.1, 0.15) is 6.92 Å². The zero-order chi connectivity index (χ0) is 13.0. The number of aromatic nitrogens is 2. The molecular weight excluding hydrogens is 235 g/mol. The molecule has 1 heterocycles. The van der Waals surface area contributed by atoms with Crippen LogP contribution in [0.4, 0.5) is 4.39 Å². The summed E-state index contributed by atoms with van der Waals surface area (Å²) in [5, 5.41) is 0. The Morgan fingerprint density at radius 2 is 1.83 bits per heavy atom. The van der Waals surface area contributed by atoms with Crippen LogP contribution in [0, 0.1) is 5.82 Å². The minimum Gasteiger partial charge on any atom is -0.483 e. The van der Waals surface area contributed by atoms with E-state index in [4.69, 9.17) is 4.74 Å². The standard InChI is InChI=1S/C13H11FN2O2/c1-9(17)8-18-12-6-15-13(16-7-12)10-2-4-11(14)5-3-10/h2-7H,8H2,1H3. The van der Waals surface area contributed by atoms with Gasteiger partial charge in [0.05, 0.1) is 12.4 Å². The van der Waals surface area contributed by atoms with Gasteiger partial charge in [0.25, 0.3) is 0 Å². The maximum atomic E-state index is 12.7. The Balaban J connectivity index is 2.12. The van der Waals surface area contributed by atoms with Gasteiger partial charge in [0.2, 0.25) is 0 Å². The number of halogens is 1. The molecule has 0 fully saturated rings. The highest BCUT2D eigenvalue weighted by Crippen LogP contribution is 2.16. The van der Waals surface area contributed by atoms with E-state index in [0.717, 1.165) is 5.56 Å². The Hall–Kier alpha value is -2.30. The summed E-state index contributed by atoms with van der Waals surface area (Å²) in [6, 6.07) is 5.89. The zero-order valence-electron chi connectivity index (χ0n) is 9.76. The molecule has 92 valence electrons. The molecule has 0 aliphatic heterocycles. The highest BCUT2D eigenvalue weighted by molar-refractivity contribution is 5.77. The van der Waals surface area contributed by atoms with Crippen molar-refractivity contribution >= 4 is 5.78 Å². The van der Waals surface area contributed by atoms with Gasteiger partial charge in [-0.1, -0.05) is 0 Å². The first-order valence-electron chi connectivity index (χ1n) is 5.35. The number of carbonyl (C=O) groups excluding carboxylic acids is 1. The number of carbonyl (C=O) groups is 1. The molecule has 2 aromatic rings. The fraction of sp³-hybridized carbons (Fsp3) is 0.154. The Bertz CT molecular complexity index is 538. The van der Waals surface area contributed by atoms with Crippen molar-refractivity contribution in [3.05, 3.63) is 42.5 Å². The van der Waals surface area contributed by atoms with Crippen LogP contribution >= 0.6 is 0 Å². The maximum Gasteiger partial charge on any atom is 0.167 e. The normalized spacial score (nSPS) is 10.1. The molecule has 0 spiro atoms. The Morgan fingerprint density at radius 3 is 2.39 bits per heavy atom. The van der Waals surface area contributed by atoms with Gasteiger partial charge in [-0.3, -0.25) is 4.79 Å². The molecule has 0 unspecified atom stereocenters. The predicted octanol–water partition coefficient (Wildman–Crippen LogP) is 2.25. The second-order valence-electron chi connectivity index (χ2n) is 3.74. The third kappa shape index (κ3) is 3.10. The molecule has 1 aromatic carbocycles. The van der Waals surface area contributed by atoms with E-state index < -0.39 is 0 Å². The lowest BCUT2D eigenvalue weighted by Gasteiger charge is -2.04. The van der Waals surface area contributed by atoms with Gasteiger partial charge in [0.15, 0.2) is 17.4 Å². The summed E-state index contributed by atoms with van der Waals surface area (Å²) in [5.74, 6) is 0.527. The highest BCUT2D eigenvalue weighted by Gasteiger charge is 2.03. The number of hydrogen-bond acceptors (Lipinski definition) is 4. The molecule has 18 heavy (non-hydrogen) atoms. The third-order valence-corrected chi connectivity index (χ3v) is 2.17.